The van der Waals surface area contributed by atoms with Crippen LogP contribution in [0.2, 0.25) is 10.0 Å². The van der Waals surface area contributed by atoms with Crippen molar-refractivity contribution in [1.29, 1.82) is 0 Å². The van der Waals surface area contributed by atoms with Gasteiger partial charge in [-0.25, -0.2) is 0 Å². The summed E-state index contributed by atoms with van der Waals surface area (Å²) in [6, 6.07) is 15.0. The van der Waals surface area contributed by atoms with Crippen LogP contribution in [0, 0.1) is 5.92 Å². The first kappa shape index (κ1) is 21.0. The zero-order chi connectivity index (χ0) is 19.4. The van der Waals surface area contributed by atoms with Crippen molar-refractivity contribution >= 4 is 47.1 Å². The van der Waals surface area contributed by atoms with Crippen molar-refractivity contribution in [2.45, 2.75) is 37.8 Å². The lowest BCUT2D eigenvalue weighted by Gasteiger charge is -2.41. The molecular formula is C23H25Cl3N2O. The van der Waals surface area contributed by atoms with E-state index in [1.54, 1.807) is 6.92 Å². The van der Waals surface area contributed by atoms with Crippen molar-refractivity contribution in [2.75, 3.05) is 24.5 Å². The smallest absolute Gasteiger partial charge is 0.135 e. The average molecular weight is 452 g/mol. The number of benzene rings is 2. The lowest BCUT2D eigenvalue weighted by molar-refractivity contribution is -0.118. The first-order valence-electron chi connectivity index (χ1n) is 10.1. The number of anilines is 1. The van der Waals surface area contributed by atoms with Crippen LogP contribution in [-0.4, -0.2) is 36.4 Å². The molecule has 4 unspecified atom stereocenters. The SMILES string of the molecule is CC(=O)C1C2c3ccccc3C(CN3CCCC3)N(c3ccc(Cl)c(Cl)c3)C12.Cl. The van der Waals surface area contributed by atoms with E-state index in [0.717, 1.165) is 25.3 Å². The molecule has 1 saturated carbocycles. The highest BCUT2D eigenvalue weighted by Crippen LogP contribution is 2.60. The Labute approximate surface area is 188 Å². The molecule has 2 heterocycles. The highest BCUT2D eigenvalue weighted by molar-refractivity contribution is 6.42. The van der Waals surface area contributed by atoms with Crippen LogP contribution in [0.3, 0.4) is 0 Å². The molecule has 0 N–H and O–H groups in total. The maximum Gasteiger partial charge on any atom is 0.135 e. The number of carbonyl (C=O) groups excluding carboxylic acids is 1. The van der Waals surface area contributed by atoms with Crippen molar-refractivity contribution < 1.29 is 4.79 Å². The number of nitrogens with zero attached hydrogens (tertiary/aromatic N) is 2. The molecule has 2 aromatic carbocycles. The fourth-order valence-electron chi connectivity index (χ4n) is 5.38. The highest BCUT2D eigenvalue weighted by atomic mass is 35.5. The number of halogens is 3. The van der Waals surface area contributed by atoms with Crippen LogP contribution in [0.15, 0.2) is 42.5 Å². The van der Waals surface area contributed by atoms with Gasteiger partial charge in [0.1, 0.15) is 5.78 Å². The third-order valence-electron chi connectivity index (χ3n) is 6.65. The zero-order valence-corrected chi connectivity index (χ0v) is 18.7. The third-order valence-corrected chi connectivity index (χ3v) is 7.39. The Balaban J connectivity index is 0.00000205. The molecule has 0 aromatic heterocycles. The molecule has 5 rings (SSSR count). The highest BCUT2D eigenvalue weighted by Gasteiger charge is 2.61. The van der Waals surface area contributed by atoms with Crippen molar-refractivity contribution in [2.24, 2.45) is 5.92 Å². The normalized spacial score (nSPS) is 27.8. The van der Waals surface area contributed by atoms with Crippen LogP contribution >= 0.6 is 35.6 Å². The summed E-state index contributed by atoms with van der Waals surface area (Å²) in [6.45, 7) is 5.01. The summed E-state index contributed by atoms with van der Waals surface area (Å²) in [5.74, 6) is 0.605. The van der Waals surface area contributed by atoms with E-state index in [9.17, 15) is 4.79 Å². The van der Waals surface area contributed by atoms with E-state index in [-0.39, 0.29) is 42.1 Å². The summed E-state index contributed by atoms with van der Waals surface area (Å²) in [7, 11) is 0. The van der Waals surface area contributed by atoms with E-state index in [0.29, 0.717) is 10.0 Å². The minimum Gasteiger partial charge on any atom is -0.359 e. The zero-order valence-electron chi connectivity index (χ0n) is 16.4. The number of hydrogen-bond donors (Lipinski definition) is 0. The number of ketones is 1. The fraction of sp³-hybridized carbons (Fsp3) is 0.435. The van der Waals surface area contributed by atoms with Gasteiger partial charge in [0.25, 0.3) is 0 Å². The summed E-state index contributed by atoms with van der Waals surface area (Å²) < 4.78 is 0. The predicted molar refractivity (Wildman–Crippen MR) is 122 cm³/mol. The molecule has 1 aliphatic carbocycles. The molecule has 1 saturated heterocycles. The standard InChI is InChI=1S/C23H24Cl2N2O.ClH/c1-14(28)21-22-17-7-3-2-6-16(17)20(13-26-10-4-5-11-26)27(23(21)22)15-8-9-18(24)19(25)12-15;/h2-3,6-9,12,20-23H,4-5,10-11,13H2,1H3;1H. The van der Waals surface area contributed by atoms with Gasteiger partial charge in [-0.1, -0.05) is 47.5 Å². The Kier molecular flexibility index (Phi) is 5.87. The fourth-order valence-corrected chi connectivity index (χ4v) is 5.67. The minimum absolute atomic E-state index is 0. The van der Waals surface area contributed by atoms with Gasteiger partial charge in [-0.05, 0) is 62.2 Å². The summed E-state index contributed by atoms with van der Waals surface area (Å²) in [6.07, 6.45) is 2.53. The Morgan fingerprint density at radius 2 is 1.72 bits per heavy atom. The van der Waals surface area contributed by atoms with E-state index in [2.05, 4.69) is 34.1 Å². The van der Waals surface area contributed by atoms with Crippen LogP contribution in [0.25, 0.3) is 0 Å². The second-order valence-electron chi connectivity index (χ2n) is 8.31. The lowest BCUT2D eigenvalue weighted by Crippen LogP contribution is -2.42. The van der Waals surface area contributed by atoms with Crippen LogP contribution < -0.4 is 4.90 Å². The van der Waals surface area contributed by atoms with E-state index in [1.807, 2.05) is 18.2 Å². The second-order valence-corrected chi connectivity index (χ2v) is 9.13. The van der Waals surface area contributed by atoms with Gasteiger partial charge in [-0.15, -0.1) is 12.4 Å². The van der Waals surface area contributed by atoms with Gasteiger partial charge in [0, 0.05) is 30.1 Å². The Bertz CT molecular complexity index is 928. The number of Topliss-reactive ketones (excluding diaryl/α,β-unsaturated/α-hetero) is 1. The van der Waals surface area contributed by atoms with Gasteiger partial charge < -0.3 is 9.80 Å². The molecule has 2 aliphatic heterocycles. The molecule has 3 nitrogen and oxygen atoms in total. The van der Waals surface area contributed by atoms with Gasteiger partial charge in [-0.2, -0.15) is 0 Å². The van der Waals surface area contributed by atoms with Crippen molar-refractivity contribution in [3.05, 3.63) is 63.6 Å². The van der Waals surface area contributed by atoms with Gasteiger partial charge in [0.05, 0.1) is 16.1 Å². The Morgan fingerprint density at radius 1 is 1.03 bits per heavy atom. The first-order valence-corrected chi connectivity index (χ1v) is 10.9. The van der Waals surface area contributed by atoms with Crippen LogP contribution in [0.5, 0.6) is 0 Å². The summed E-state index contributed by atoms with van der Waals surface area (Å²) in [5, 5.41) is 1.13. The second kappa shape index (κ2) is 8.11. The molecule has 0 amide bonds. The molecule has 4 atom stereocenters. The molecule has 3 aliphatic rings. The van der Waals surface area contributed by atoms with Crippen molar-refractivity contribution in [3.8, 4) is 0 Å². The van der Waals surface area contributed by atoms with E-state index >= 15 is 0 Å². The predicted octanol–water partition coefficient (Wildman–Crippen LogP) is 5.74. The molecule has 2 aromatic rings. The van der Waals surface area contributed by atoms with Crippen LogP contribution in [0.4, 0.5) is 5.69 Å². The summed E-state index contributed by atoms with van der Waals surface area (Å²) in [4.78, 5) is 17.5. The monoisotopic (exact) mass is 450 g/mol. The third kappa shape index (κ3) is 3.57. The van der Waals surface area contributed by atoms with Crippen LogP contribution in [-0.2, 0) is 4.79 Å². The van der Waals surface area contributed by atoms with Gasteiger partial charge >= 0.3 is 0 Å². The molecular weight excluding hydrogens is 427 g/mol. The van der Waals surface area contributed by atoms with Crippen molar-refractivity contribution in [3.63, 3.8) is 0 Å². The molecule has 0 spiro atoms. The van der Waals surface area contributed by atoms with Gasteiger partial charge in [0.15, 0.2) is 0 Å². The van der Waals surface area contributed by atoms with E-state index in [1.165, 1.54) is 24.0 Å². The molecule has 0 radical (unpaired) electrons. The number of fused-ring (bicyclic) bond motifs is 3. The molecule has 2 fully saturated rings. The quantitative estimate of drug-likeness (QED) is 0.592. The number of rotatable bonds is 4. The average Bonchev–Trinajstić information content (AvgIpc) is 3.22. The largest absolute Gasteiger partial charge is 0.359 e. The Morgan fingerprint density at radius 3 is 2.38 bits per heavy atom. The number of likely N-dealkylation sites (tertiary alicyclic amines) is 1. The molecule has 29 heavy (non-hydrogen) atoms. The lowest BCUT2D eigenvalue weighted by atomic mass is 9.91. The Hall–Kier alpha value is -1.26. The molecule has 6 heteroatoms. The van der Waals surface area contributed by atoms with Crippen molar-refractivity contribution in [1.82, 2.24) is 4.90 Å². The summed E-state index contributed by atoms with van der Waals surface area (Å²) in [5.41, 5.74) is 3.77. The number of hydrogen-bond acceptors (Lipinski definition) is 3. The minimum atomic E-state index is 0. The maximum absolute atomic E-state index is 12.4. The van der Waals surface area contributed by atoms with E-state index in [4.69, 9.17) is 23.2 Å². The molecule has 0 bridgehead atoms. The topological polar surface area (TPSA) is 23.6 Å². The summed E-state index contributed by atoms with van der Waals surface area (Å²) >= 11 is 12.6. The van der Waals surface area contributed by atoms with E-state index < -0.39 is 0 Å². The first-order chi connectivity index (χ1) is 13.6. The van der Waals surface area contributed by atoms with Crippen LogP contribution in [0.1, 0.15) is 42.9 Å². The van der Waals surface area contributed by atoms with Gasteiger partial charge in [-0.3, -0.25) is 4.79 Å². The van der Waals surface area contributed by atoms with Gasteiger partial charge in [0.2, 0.25) is 0 Å². The number of carbonyl (C=O) groups is 1. The maximum atomic E-state index is 12.4. The molecule has 154 valence electrons.